The first-order chi connectivity index (χ1) is 10.3. The Balaban J connectivity index is 2.02. The summed E-state index contributed by atoms with van der Waals surface area (Å²) in [4.78, 5) is 26.1. The van der Waals surface area contributed by atoms with Crippen LogP contribution in [0.1, 0.15) is 37.8 Å². The summed E-state index contributed by atoms with van der Waals surface area (Å²) in [5.74, 6) is -0.0794. The zero-order valence-corrected chi connectivity index (χ0v) is 13.6. The average molecular weight is 303 g/mol. The standard InChI is InChI=1S/C17H25N3O2/c1-12-4-6-13(7-5-12)10-20-14(8-9-15(20)21)16(22)19-11-17(2,3)18/h4-7,14H,8-11,18H2,1-3H3,(H,19,22). The van der Waals surface area contributed by atoms with Crippen molar-refractivity contribution in [3.8, 4) is 0 Å². The summed E-state index contributed by atoms with van der Waals surface area (Å²) in [6.07, 6.45) is 0.998. The predicted molar refractivity (Wildman–Crippen MR) is 86.0 cm³/mol. The molecule has 1 fully saturated rings. The number of likely N-dealkylation sites (tertiary alicyclic amines) is 1. The molecule has 1 heterocycles. The van der Waals surface area contributed by atoms with Gasteiger partial charge in [-0.15, -0.1) is 0 Å². The van der Waals surface area contributed by atoms with Gasteiger partial charge in [-0.05, 0) is 32.8 Å². The van der Waals surface area contributed by atoms with Gasteiger partial charge in [0.05, 0.1) is 0 Å². The van der Waals surface area contributed by atoms with Crippen molar-refractivity contribution >= 4 is 11.8 Å². The summed E-state index contributed by atoms with van der Waals surface area (Å²) in [5.41, 5.74) is 7.65. The van der Waals surface area contributed by atoms with Crippen LogP contribution in [0, 0.1) is 6.92 Å². The zero-order chi connectivity index (χ0) is 16.3. The van der Waals surface area contributed by atoms with Crippen LogP contribution >= 0.6 is 0 Å². The number of hydrogen-bond donors (Lipinski definition) is 2. The van der Waals surface area contributed by atoms with E-state index in [1.807, 2.05) is 45.0 Å². The number of carbonyl (C=O) groups excluding carboxylic acids is 2. The van der Waals surface area contributed by atoms with E-state index < -0.39 is 11.6 Å². The minimum Gasteiger partial charge on any atom is -0.352 e. The smallest absolute Gasteiger partial charge is 0.242 e. The highest BCUT2D eigenvalue weighted by Gasteiger charge is 2.36. The Labute approximate surface area is 131 Å². The van der Waals surface area contributed by atoms with Crippen molar-refractivity contribution in [3.05, 3.63) is 35.4 Å². The summed E-state index contributed by atoms with van der Waals surface area (Å²) in [7, 11) is 0. The SMILES string of the molecule is Cc1ccc(CN2C(=O)CCC2C(=O)NCC(C)(C)N)cc1. The van der Waals surface area contributed by atoms with E-state index in [1.165, 1.54) is 5.56 Å². The van der Waals surface area contributed by atoms with E-state index in [9.17, 15) is 9.59 Å². The zero-order valence-electron chi connectivity index (χ0n) is 13.6. The molecule has 5 nitrogen and oxygen atoms in total. The van der Waals surface area contributed by atoms with Gasteiger partial charge in [0.2, 0.25) is 11.8 Å². The molecule has 0 spiro atoms. The van der Waals surface area contributed by atoms with Crippen molar-refractivity contribution in [1.29, 1.82) is 0 Å². The van der Waals surface area contributed by atoms with E-state index >= 15 is 0 Å². The summed E-state index contributed by atoms with van der Waals surface area (Å²) >= 11 is 0. The second-order valence-corrected chi connectivity index (χ2v) is 6.77. The molecule has 1 aliphatic rings. The number of benzene rings is 1. The van der Waals surface area contributed by atoms with Crippen molar-refractivity contribution in [1.82, 2.24) is 10.2 Å². The largest absolute Gasteiger partial charge is 0.352 e. The van der Waals surface area contributed by atoms with E-state index in [2.05, 4.69) is 5.32 Å². The van der Waals surface area contributed by atoms with Crippen LogP contribution in [0.4, 0.5) is 0 Å². The van der Waals surface area contributed by atoms with Crippen LogP contribution in [-0.2, 0) is 16.1 Å². The highest BCUT2D eigenvalue weighted by Crippen LogP contribution is 2.22. The third-order valence-electron chi connectivity index (χ3n) is 3.82. The molecule has 1 atom stereocenters. The van der Waals surface area contributed by atoms with Crippen molar-refractivity contribution in [2.75, 3.05) is 6.54 Å². The molecule has 22 heavy (non-hydrogen) atoms. The minimum atomic E-state index is -0.458. The van der Waals surface area contributed by atoms with Crippen LogP contribution < -0.4 is 11.1 Å². The second-order valence-electron chi connectivity index (χ2n) is 6.77. The van der Waals surface area contributed by atoms with Crippen molar-refractivity contribution in [2.24, 2.45) is 5.73 Å². The Bertz CT molecular complexity index is 546. The summed E-state index contributed by atoms with van der Waals surface area (Å²) in [5, 5.41) is 2.85. The molecule has 3 N–H and O–H groups in total. The molecule has 120 valence electrons. The third kappa shape index (κ3) is 4.31. The molecule has 1 aromatic carbocycles. The number of carbonyl (C=O) groups is 2. The van der Waals surface area contributed by atoms with Crippen molar-refractivity contribution < 1.29 is 9.59 Å². The van der Waals surface area contributed by atoms with E-state index in [1.54, 1.807) is 4.90 Å². The van der Waals surface area contributed by atoms with Crippen LogP contribution in [-0.4, -0.2) is 34.8 Å². The third-order valence-corrected chi connectivity index (χ3v) is 3.82. The number of nitrogens with zero attached hydrogens (tertiary/aromatic N) is 1. The van der Waals surface area contributed by atoms with Crippen LogP contribution in [0.3, 0.4) is 0 Å². The van der Waals surface area contributed by atoms with Gasteiger partial charge in [0.15, 0.2) is 0 Å². The Hall–Kier alpha value is -1.88. The van der Waals surface area contributed by atoms with Gasteiger partial charge in [0.1, 0.15) is 6.04 Å². The first kappa shape index (κ1) is 16.5. The van der Waals surface area contributed by atoms with Gasteiger partial charge in [-0.2, -0.15) is 0 Å². The predicted octanol–water partition coefficient (Wildman–Crippen LogP) is 1.34. The lowest BCUT2D eigenvalue weighted by atomic mass is 10.1. The molecule has 0 bridgehead atoms. The number of aryl methyl sites for hydroxylation is 1. The van der Waals surface area contributed by atoms with Gasteiger partial charge >= 0.3 is 0 Å². The van der Waals surface area contributed by atoms with Gasteiger partial charge in [0.25, 0.3) is 0 Å². The topological polar surface area (TPSA) is 75.4 Å². The maximum atomic E-state index is 12.3. The average Bonchev–Trinajstić information content (AvgIpc) is 2.79. The molecule has 5 heteroatoms. The molecular formula is C17H25N3O2. The van der Waals surface area contributed by atoms with E-state index in [-0.39, 0.29) is 11.8 Å². The molecule has 1 saturated heterocycles. The summed E-state index contributed by atoms with van der Waals surface area (Å²) in [6, 6.07) is 7.64. The molecule has 0 aliphatic carbocycles. The van der Waals surface area contributed by atoms with Crippen LogP contribution in [0.5, 0.6) is 0 Å². The van der Waals surface area contributed by atoms with Gasteiger partial charge in [-0.1, -0.05) is 29.8 Å². The number of nitrogens with one attached hydrogen (secondary N) is 1. The Morgan fingerprint density at radius 1 is 1.36 bits per heavy atom. The maximum Gasteiger partial charge on any atom is 0.242 e. The van der Waals surface area contributed by atoms with Gasteiger partial charge < -0.3 is 16.0 Å². The fourth-order valence-electron chi connectivity index (χ4n) is 2.53. The molecule has 1 unspecified atom stereocenters. The highest BCUT2D eigenvalue weighted by atomic mass is 16.2. The molecule has 0 radical (unpaired) electrons. The first-order valence-electron chi connectivity index (χ1n) is 7.68. The fraction of sp³-hybridized carbons (Fsp3) is 0.529. The Kier molecular flexibility index (Phi) is 4.86. The highest BCUT2D eigenvalue weighted by molar-refractivity contribution is 5.90. The lowest BCUT2D eigenvalue weighted by Gasteiger charge is -2.26. The van der Waals surface area contributed by atoms with Crippen molar-refractivity contribution in [3.63, 3.8) is 0 Å². The van der Waals surface area contributed by atoms with Crippen LogP contribution in [0.2, 0.25) is 0 Å². The number of rotatable bonds is 5. The fourth-order valence-corrected chi connectivity index (χ4v) is 2.53. The Morgan fingerprint density at radius 3 is 2.59 bits per heavy atom. The molecule has 2 amide bonds. The quantitative estimate of drug-likeness (QED) is 0.862. The molecule has 2 rings (SSSR count). The van der Waals surface area contributed by atoms with Crippen molar-refractivity contribution in [2.45, 2.75) is 51.7 Å². The van der Waals surface area contributed by atoms with Crippen LogP contribution in [0.25, 0.3) is 0 Å². The molecule has 1 aromatic rings. The monoisotopic (exact) mass is 303 g/mol. The maximum absolute atomic E-state index is 12.3. The van der Waals surface area contributed by atoms with E-state index in [0.717, 1.165) is 5.56 Å². The normalized spacial score (nSPS) is 18.6. The van der Waals surface area contributed by atoms with Crippen LogP contribution in [0.15, 0.2) is 24.3 Å². The number of nitrogens with two attached hydrogens (primary N) is 1. The van der Waals surface area contributed by atoms with Gasteiger partial charge in [-0.3, -0.25) is 9.59 Å². The number of amides is 2. The second kappa shape index (κ2) is 6.48. The van der Waals surface area contributed by atoms with Gasteiger partial charge in [0, 0.05) is 25.0 Å². The summed E-state index contributed by atoms with van der Waals surface area (Å²) in [6.45, 7) is 6.61. The summed E-state index contributed by atoms with van der Waals surface area (Å²) < 4.78 is 0. The molecule has 1 aliphatic heterocycles. The first-order valence-corrected chi connectivity index (χ1v) is 7.68. The lowest BCUT2D eigenvalue weighted by molar-refractivity contribution is -0.135. The molecule has 0 aromatic heterocycles. The minimum absolute atomic E-state index is 0.0349. The van der Waals surface area contributed by atoms with E-state index in [0.29, 0.717) is 25.9 Å². The molecular weight excluding hydrogens is 278 g/mol. The van der Waals surface area contributed by atoms with E-state index in [4.69, 9.17) is 5.73 Å². The lowest BCUT2D eigenvalue weighted by Crippen LogP contribution is -2.50. The van der Waals surface area contributed by atoms with Gasteiger partial charge in [-0.25, -0.2) is 0 Å². The molecule has 0 saturated carbocycles. The Morgan fingerprint density at radius 2 is 2.00 bits per heavy atom. The number of hydrogen-bond acceptors (Lipinski definition) is 3.